The molecule has 0 radical (unpaired) electrons. The van der Waals surface area contributed by atoms with Crippen LogP contribution in [0.25, 0.3) is 20.2 Å². The molecular weight excluding hydrogens is 450 g/mol. The van der Waals surface area contributed by atoms with Gasteiger partial charge in [0.25, 0.3) is 0 Å². The highest BCUT2D eigenvalue weighted by Crippen LogP contribution is 2.41. The van der Waals surface area contributed by atoms with Gasteiger partial charge in [0.05, 0.1) is 19.1 Å². The van der Waals surface area contributed by atoms with E-state index in [1.54, 1.807) is 11.3 Å². The van der Waals surface area contributed by atoms with Crippen LogP contribution < -0.4 is 4.72 Å². The molecule has 0 amide bonds. The smallest absolute Gasteiger partial charge is 0.307 e. The normalized spacial score (nSPS) is 14.7. The van der Waals surface area contributed by atoms with Gasteiger partial charge in [-0.15, -0.1) is 22.0 Å². The first-order valence-electron chi connectivity index (χ1n) is 9.84. The highest BCUT2D eigenvalue weighted by atomic mass is 35.5. The van der Waals surface area contributed by atoms with Crippen LogP contribution in [0, 0.1) is 11.8 Å². The van der Waals surface area contributed by atoms with Gasteiger partial charge in [0.1, 0.15) is 4.75 Å². The van der Waals surface area contributed by atoms with Crippen LogP contribution in [0.1, 0.15) is 52.2 Å². The Balaban J connectivity index is 2.22. The van der Waals surface area contributed by atoms with Crippen molar-refractivity contribution in [2.75, 3.05) is 7.11 Å². The van der Waals surface area contributed by atoms with E-state index in [1.807, 2.05) is 52.8 Å². The van der Waals surface area contributed by atoms with Crippen LogP contribution in [0.15, 0.2) is 30.3 Å². The van der Waals surface area contributed by atoms with Crippen molar-refractivity contribution < 1.29 is 14.1 Å². The van der Waals surface area contributed by atoms with Gasteiger partial charge in [0.15, 0.2) is 0 Å². The standard InChI is InChI=1S/C24H26ClNO3S2/c1-7-8-15-9-10-20-16(11-15)17-12-18(19(25)13-21(17)30-20)24(5,14-22(27)29-6)26-31(28)23(2,3)4/h9-13,26H,14H2,1-6H3/t24-,31+/m0/s1. The zero-order valence-corrected chi connectivity index (χ0v) is 20.9. The summed E-state index contributed by atoms with van der Waals surface area (Å²) in [5.41, 5.74) is 0.665. The van der Waals surface area contributed by atoms with Crippen molar-refractivity contribution >= 4 is 60.4 Å². The maximum atomic E-state index is 13.0. The van der Waals surface area contributed by atoms with Crippen LogP contribution in [0.3, 0.4) is 0 Å². The van der Waals surface area contributed by atoms with Gasteiger partial charge in [-0.25, -0.2) is 0 Å². The van der Waals surface area contributed by atoms with E-state index in [2.05, 4.69) is 28.7 Å². The number of nitrogens with one attached hydrogen (secondary N) is 1. The summed E-state index contributed by atoms with van der Waals surface area (Å²) in [6.07, 6.45) is -0.00875. The molecule has 2 atom stereocenters. The van der Waals surface area contributed by atoms with Crippen LogP contribution in [-0.4, -0.2) is 22.4 Å². The number of hydrogen-bond donors (Lipinski definition) is 1. The number of carbonyl (C=O) groups excluding carboxylic acids is 1. The Morgan fingerprint density at radius 3 is 2.48 bits per heavy atom. The van der Waals surface area contributed by atoms with Crippen molar-refractivity contribution in [2.24, 2.45) is 0 Å². The molecule has 31 heavy (non-hydrogen) atoms. The number of rotatable bonds is 5. The first-order valence-corrected chi connectivity index (χ1v) is 12.2. The SMILES string of the molecule is CC#Cc1ccc2sc3cc(Cl)c([C@](C)(CC(=O)OC)N[S@+]([O-])C(C)(C)C)cc3c2c1. The minimum Gasteiger partial charge on any atom is -0.598 e. The van der Waals surface area contributed by atoms with Crippen molar-refractivity contribution in [2.45, 2.75) is 51.3 Å². The molecule has 0 saturated carbocycles. The molecule has 0 bridgehead atoms. The number of thiophene rings is 1. The Morgan fingerprint density at radius 2 is 1.87 bits per heavy atom. The Hall–Kier alpha value is -1.75. The summed E-state index contributed by atoms with van der Waals surface area (Å²) in [4.78, 5) is 12.3. The Labute approximate surface area is 195 Å². The minimum absolute atomic E-state index is 0.00875. The largest absolute Gasteiger partial charge is 0.598 e. The van der Waals surface area contributed by atoms with E-state index in [9.17, 15) is 9.35 Å². The summed E-state index contributed by atoms with van der Waals surface area (Å²) >= 11 is 6.94. The van der Waals surface area contributed by atoms with Crippen LogP contribution >= 0.6 is 22.9 Å². The average molecular weight is 476 g/mol. The molecule has 164 valence electrons. The lowest BCUT2D eigenvalue weighted by Gasteiger charge is -2.35. The molecular formula is C24H26ClNO3S2. The lowest BCUT2D eigenvalue weighted by molar-refractivity contribution is -0.142. The van der Waals surface area contributed by atoms with Crippen molar-refractivity contribution in [3.8, 4) is 11.8 Å². The molecule has 0 fully saturated rings. The third kappa shape index (κ3) is 5.02. The van der Waals surface area contributed by atoms with E-state index >= 15 is 0 Å². The van der Waals surface area contributed by atoms with Gasteiger partial charge in [0, 0.05) is 42.1 Å². The van der Waals surface area contributed by atoms with Gasteiger partial charge < -0.3 is 9.29 Å². The Morgan fingerprint density at radius 1 is 1.19 bits per heavy atom. The molecule has 7 heteroatoms. The van der Waals surface area contributed by atoms with Gasteiger partial charge in [-0.1, -0.05) is 17.5 Å². The number of benzene rings is 2. The zero-order valence-electron chi connectivity index (χ0n) is 18.5. The molecule has 0 aliphatic rings. The van der Waals surface area contributed by atoms with E-state index < -0.39 is 27.6 Å². The average Bonchev–Trinajstić information content (AvgIpc) is 3.03. The number of fused-ring (bicyclic) bond motifs is 3. The Bertz CT molecular complexity index is 1200. The molecule has 0 aliphatic heterocycles. The third-order valence-electron chi connectivity index (χ3n) is 5.02. The highest BCUT2D eigenvalue weighted by molar-refractivity contribution is 7.90. The molecule has 1 N–H and O–H groups in total. The summed E-state index contributed by atoms with van der Waals surface area (Å²) in [5.74, 6) is 5.63. The van der Waals surface area contributed by atoms with E-state index in [0.717, 1.165) is 25.7 Å². The van der Waals surface area contributed by atoms with Crippen molar-refractivity contribution in [3.63, 3.8) is 0 Å². The third-order valence-corrected chi connectivity index (χ3v) is 8.22. The monoisotopic (exact) mass is 475 g/mol. The molecule has 1 heterocycles. The second kappa shape index (κ2) is 9.01. The quantitative estimate of drug-likeness (QED) is 0.283. The molecule has 1 aromatic heterocycles. The molecule has 0 unspecified atom stereocenters. The molecule has 3 rings (SSSR count). The second-order valence-corrected chi connectivity index (χ2v) is 12.0. The van der Waals surface area contributed by atoms with Gasteiger partial charge in [-0.05, 0) is 70.5 Å². The van der Waals surface area contributed by atoms with Crippen LogP contribution in [0.5, 0.6) is 0 Å². The maximum absolute atomic E-state index is 13.0. The summed E-state index contributed by atoms with van der Waals surface area (Å²) in [7, 11) is 1.34. The van der Waals surface area contributed by atoms with Gasteiger partial charge >= 0.3 is 5.97 Å². The number of carbonyl (C=O) groups is 1. The van der Waals surface area contributed by atoms with Gasteiger partial charge in [-0.2, -0.15) is 0 Å². The lowest BCUT2D eigenvalue weighted by atomic mass is 9.88. The number of methoxy groups -OCH3 is 1. The summed E-state index contributed by atoms with van der Waals surface area (Å²) in [6.45, 7) is 9.28. The first-order chi connectivity index (χ1) is 14.5. The molecule has 4 nitrogen and oxygen atoms in total. The fraction of sp³-hybridized carbons (Fsp3) is 0.375. The molecule has 2 aromatic carbocycles. The highest BCUT2D eigenvalue weighted by Gasteiger charge is 2.40. The van der Waals surface area contributed by atoms with Crippen molar-refractivity contribution in [1.29, 1.82) is 0 Å². The predicted molar refractivity (Wildman–Crippen MR) is 132 cm³/mol. The van der Waals surface area contributed by atoms with Gasteiger partial charge in [0.2, 0.25) is 0 Å². The zero-order chi connectivity index (χ0) is 23.0. The van der Waals surface area contributed by atoms with E-state index in [0.29, 0.717) is 10.6 Å². The van der Waals surface area contributed by atoms with Crippen LogP contribution in [0.4, 0.5) is 0 Å². The fourth-order valence-electron chi connectivity index (χ4n) is 3.35. The van der Waals surface area contributed by atoms with Gasteiger partial charge in [-0.3, -0.25) is 4.79 Å². The molecule has 0 aliphatic carbocycles. The summed E-state index contributed by atoms with van der Waals surface area (Å²) < 4.78 is 22.7. The van der Waals surface area contributed by atoms with Crippen molar-refractivity contribution in [3.05, 3.63) is 46.5 Å². The number of esters is 1. The number of halogens is 1. The fourth-order valence-corrected chi connectivity index (χ4v) is 5.79. The first kappa shape index (κ1) is 23.9. The summed E-state index contributed by atoms with van der Waals surface area (Å²) in [5, 5.41) is 2.62. The lowest BCUT2D eigenvalue weighted by Crippen LogP contribution is -2.51. The maximum Gasteiger partial charge on any atom is 0.307 e. The molecule has 0 saturated heterocycles. The number of ether oxygens (including phenoxy) is 1. The van der Waals surface area contributed by atoms with E-state index in [-0.39, 0.29) is 6.42 Å². The summed E-state index contributed by atoms with van der Waals surface area (Å²) in [6, 6.07) is 10.1. The molecule has 0 spiro atoms. The minimum atomic E-state index is -1.42. The topological polar surface area (TPSA) is 61.4 Å². The molecule has 3 aromatic rings. The van der Waals surface area contributed by atoms with Crippen LogP contribution in [-0.2, 0) is 26.4 Å². The number of hydrogen-bond acceptors (Lipinski definition) is 5. The van der Waals surface area contributed by atoms with Crippen molar-refractivity contribution in [1.82, 2.24) is 4.72 Å². The predicted octanol–water partition coefficient (Wildman–Crippen LogP) is 5.91. The van der Waals surface area contributed by atoms with E-state index in [1.165, 1.54) is 7.11 Å². The Kier molecular flexibility index (Phi) is 6.95. The van der Waals surface area contributed by atoms with E-state index in [4.69, 9.17) is 16.3 Å². The van der Waals surface area contributed by atoms with Crippen LogP contribution in [0.2, 0.25) is 5.02 Å². The second-order valence-electron chi connectivity index (χ2n) is 8.58.